The molecule has 0 unspecified atom stereocenters. The molecule has 0 bridgehead atoms. The lowest BCUT2D eigenvalue weighted by molar-refractivity contribution is -0.143. The molecule has 0 saturated heterocycles. The highest BCUT2D eigenvalue weighted by atomic mass is 19.1. The number of amides is 4. The molecule has 0 aliphatic carbocycles. The molecule has 0 saturated carbocycles. The summed E-state index contributed by atoms with van der Waals surface area (Å²) >= 11 is 0. The molecule has 46 heavy (non-hydrogen) atoms. The summed E-state index contributed by atoms with van der Waals surface area (Å²) in [7, 11) is 1.46. The Balaban J connectivity index is 1.43. The molecule has 2 heterocycles. The minimum atomic E-state index is -1.02. The standard InChI is InChI=1S/C35H37F2N4O5/c1-22(38-31(43)21-41-32(44)13-14-33(41)45)34(46)39(5)23(2)30(42)18-35(3,4)17-27-15-25(28-16-26(36)11-12-29(28)37)20-40(27)19-24-9-7-6-8-10-24/h6-17,20,22-23H,18-19,21H2,1-5H3,(H,38,43)/t22-,23-/m0/s1. The van der Waals surface area contributed by atoms with Gasteiger partial charge < -0.3 is 14.8 Å². The molecule has 4 amide bonds. The van der Waals surface area contributed by atoms with Crippen LogP contribution >= 0.6 is 0 Å². The van der Waals surface area contributed by atoms with Crippen LogP contribution in [-0.2, 0) is 30.5 Å². The van der Waals surface area contributed by atoms with Crippen LogP contribution in [0.2, 0.25) is 0 Å². The van der Waals surface area contributed by atoms with E-state index >= 15 is 0 Å². The topological polar surface area (TPSA) is 109 Å². The van der Waals surface area contributed by atoms with Gasteiger partial charge in [-0.1, -0.05) is 44.2 Å². The zero-order chi connectivity index (χ0) is 33.8. The fourth-order valence-corrected chi connectivity index (χ4v) is 5.27. The Bertz CT molecular complexity index is 1660. The highest BCUT2D eigenvalue weighted by Gasteiger charge is 2.33. The van der Waals surface area contributed by atoms with Crippen LogP contribution in [0.3, 0.4) is 0 Å². The molecule has 241 valence electrons. The molecule has 1 aliphatic heterocycles. The molecule has 0 fully saturated rings. The smallest absolute Gasteiger partial charge is 0.254 e. The van der Waals surface area contributed by atoms with Crippen molar-refractivity contribution in [2.24, 2.45) is 5.41 Å². The first-order valence-corrected chi connectivity index (χ1v) is 14.8. The third kappa shape index (κ3) is 8.21. The molecule has 3 aromatic rings. The summed E-state index contributed by atoms with van der Waals surface area (Å²) in [6, 6.07) is 12.9. The van der Waals surface area contributed by atoms with Crippen LogP contribution in [0, 0.1) is 23.5 Å². The van der Waals surface area contributed by atoms with E-state index in [2.05, 4.69) is 5.32 Å². The monoisotopic (exact) mass is 631 g/mol. The van der Waals surface area contributed by atoms with E-state index in [1.54, 1.807) is 19.2 Å². The van der Waals surface area contributed by atoms with E-state index in [-0.39, 0.29) is 17.8 Å². The quantitative estimate of drug-likeness (QED) is 0.283. The van der Waals surface area contributed by atoms with Crippen LogP contribution < -0.4 is 5.32 Å². The van der Waals surface area contributed by atoms with Gasteiger partial charge in [0, 0.05) is 61.6 Å². The number of nitrogens with zero attached hydrogens (tertiary/aromatic N) is 3. The van der Waals surface area contributed by atoms with Gasteiger partial charge >= 0.3 is 0 Å². The summed E-state index contributed by atoms with van der Waals surface area (Å²) in [5.41, 5.74) is 1.62. The first-order chi connectivity index (χ1) is 21.6. The number of benzene rings is 2. The van der Waals surface area contributed by atoms with Gasteiger partial charge in [0.15, 0.2) is 5.78 Å². The third-order valence-corrected chi connectivity index (χ3v) is 7.88. The molecule has 2 atom stereocenters. The predicted octanol–water partition coefficient (Wildman–Crippen LogP) is 4.30. The van der Waals surface area contributed by atoms with Crippen molar-refractivity contribution in [1.29, 1.82) is 0 Å². The normalized spacial score (nSPS) is 14.4. The van der Waals surface area contributed by atoms with Gasteiger partial charge in [0.1, 0.15) is 24.2 Å². The van der Waals surface area contributed by atoms with Crippen molar-refractivity contribution in [3.8, 4) is 11.1 Å². The van der Waals surface area contributed by atoms with Gasteiger partial charge in [0.2, 0.25) is 11.8 Å². The van der Waals surface area contributed by atoms with Crippen LogP contribution in [0.4, 0.5) is 8.78 Å². The van der Waals surface area contributed by atoms with Crippen molar-refractivity contribution in [3.05, 3.63) is 102 Å². The lowest BCUT2D eigenvalue weighted by Gasteiger charge is -2.30. The van der Waals surface area contributed by atoms with Crippen molar-refractivity contribution in [2.75, 3.05) is 13.6 Å². The van der Waals surface area contributed by atoms with Crippen LogP contribution in [0.25, 0.3) is 11.1 Å². The number of halogens is 2. The Morgan fingerprint density at radius 2 is 1.63 bits per heavy atom. The number of ketones is 1. The molecular weight excluding hydrogens is 594 g/mol. The number of rotatable bonds is 13. The summed E-state index contributed by atoms with van der Waals surface area (Å²) in [4.78, 5) is 64.4. The summed E-state index contributed by atoms with van der Waals surface area (Å²) in [6.07, 6.45) is 5.84. The second-order valence-corrected chi connectivity index (χ2v) is 12.2. The number of carbonyl (C=O) groups is 5. The number of hydrogen-bond acceptors (Lipinski definition) is 5. The average molecular weight is 632 g/mol. The Morgan fingerprint density at radius 1 is 0.978 bits per heavy atom. The lowest BCUT2D eigenvalue weighted by atomic mass is 9.81. The molecule has 1 aliphatic rings. The van der Waals surface area contributed by atoms with Crippen LogP contribution in [0.5, 0.6) is 0 Å². The largest absolute Gasteiger partial charge is 0.346 e. The van der Waals surface area contributed by atoms with E-state index < -0.39 is 59.3 Å². The summed E-state index contributed by atoms with van der Waals surface area (Å²) < 4.78 is 30.6. The van der Waals surface area contributed by atoms with Gasteiger partial charge in [-0.05, 0) is 49.1 Å². The highest BCUT2D eigenvalue weighted by Crippen LogP contribution is 2.34. The first kappa shape index (κ1) is 34.0. The van der Waals surface area contributed by atoms with E-state index in [1.165, 1.54) is 18.9 Å². The van der Waals surface area contributed by atoms with Gasteiger partial charge in [0.25, 0.3) is 11.8 Å². The maximum Gasteiger partial charge on any atom is 0.254 e. The average Bonchev–Trinajstić information content (AvgIpc) is 3.53. The van der Waals surface area contributed by atoms with Crippen molar-refractivity contribution in [3.63, 3.8) is 0 Å². The zero-order valence-corrected chi connectivity index (χ0v) is 26.4. The maximum absolute atomic E-state index is 14.7. The number of hydrogen-bond donors (Lipinski definition) is 1. The summed E-state index contributed by atoms with van der Waals surface area (Å²) in [5.74, 6) is -3.77. The lowest BCUT2D eigenvalue weighted by Crippen LogP contribution is -2.52. The zero-order valence-electron chi connectivity index (χ0n) is 26.4. The van der Waals surface area contributed by atoms with Crippen LogP contribution in [0.1, 0.15) is 45.4 Å². The maximum atomic E-state index is 14.7. The summed E-state index contributed by atoms with van der Waals surface area (Å²) in [5, 5.41) is 2.48. The minimum absolute atomic E-state index is 0.0545. The number of imide groups is 1. The second-order valence-electron chi connectivity index (χ2n) is 12.2. The first-order valence-electron chi connectivity index (χ1n) is 14.8. The molecule has 2 aromatic carbocycles. The number of nitrogens with one attached hydrogen (secondary N) is 1. The summed E-state index contributed by atoms with van der Waals surface area (Å²) in [6.45, 7) is 6.74. The number of likely N-dealkylation sites (N-methyl/N-ethyl adjacent to an activating group) is 1. The fraction of sp³-hybridized carbons (Fsp3) is 0.314. The van der Waals surface area contributed by atoms with Gasteiger partial charge in [-0.15, -0.1) is 0 Å². The number of Topliss-reactive ketones (excluding diaryl/α,β-unsaturated/α-hetero) is 1. The van der Waals surface area contributed by atoms with Crippen molar-refractivity contribution >= 4 is 29.4 Å². The Kier molecular flexibility index (Phi) is 10.3. The minimum Gasteiger partial charge on any atom is -0.346 e. The third-order valence-electron chi connectivity index (χ3n) is 7.88. The number of carbonyl (C=O) groups excluding carboxylic acids is 5. The van der Waals surface area contributed by atoms with E-state index in [1.807, 2.05) is 55.2 Å². The van der Waals surface area contributed by atoms with Crippen LogP contribution in [0.15, 0.2) is 72.9 Å². The van der Waals surface area contributed by atoms with Crippen molar-refractivity contribution in [2.45, 2.75) is 52.7 Å². The van der Waals surface area contributed by atoms with Crippen molar-refractivity contribution < 1.29 is 32.8 Å². The molecule has 11 heteroatoms. The Morgan fingerprint density at radius 3 is 2.28 bits per heavy atom. The van der Waals surface area contributed by atoms with E-state index in [0.29, 0.717) is 17.8 Å². The molecule has 0 spiro atoms. The van der Waals surface area contributed by atoms with Gasteiger partial charge in [-0.3, -0.25) is 28.9 Å². The molecule has 1 radical (unpaired) electrons. The second kappa shape index (κ2) is 14.0. The van der Waals surface area contributed by atoms with E-state index in [9.17, 15) is 32.8 Å². The van der Waals surface area contributed by atoms with Crippen LogP contribution in [-0.4, -0.2) is 69.5 Å². The van der Waals surface area contributed by atoms with Gasteiger partial charge in [-0.2, -0.15) is 0 Å². The molecule has 4 rings (SSSR count). The van der Waals surface area contributed by atoms with E-state index in [4.69, 9.17) is 0 Å². The van der Waals surface area contributed by atoms with Gasteiger partial charge in [-0.25, -0.2) is 8.78 Å². The highest BCUT2D eigenvalue weighted by molar-refractivity contribution is 6.14. The SMILES string of the molecule is C[C@H](NC(=O)CN1C(=O)C=CC1=O)C(=O)N(C)[C@@H](C)C(=O)CC(C)(C)[CH]c1cc(-c2cc(F)ccc2F)cn1Cc1ccccc1. The molecular formula is C35H37F2N4O5. The predicted molar refractivity (Wildman–Crippen MR) is 168 cm³/mol. The molecule has 9 nitrogen and oxygen atoms in total. The van der Waals surface area contributed by atoms with Gasteiger partial charge in [0.05, 0.1) is 6.04 Å². The Labute approximate surface area is 266 Å². The Hall–Kier alpha value is -4.93. The fourth-order valence-electron chi connectivity index (χ4n) is 5.27. The molecule has 1 aromatic heterocycles. The number of aromatic nitrogens is 1. The molecule has 1 N–H and O–H groups in total. The van der Waals surface area contributed by atoms with E-state index in [0.717, 1.165) is 40.8 Å². The van der Waals surface area contributed by atoms with Crippen molar-refractivity contribution in [1.82, 2.24) is 19.7 Å².